The standard InChI is InChI=1S/C19H22ClN5O2S2/c1-12(2)23-19-22-11-17(28-19)16-10-15(13-6-4-5-7-14(13)20)24-18(25-16)21-8-9-29(3,26)27/h4-7,10-12H,8-9H2,1-3H3,(H,22,23)(H,21,24,25). The van der Waals surface area contributed by atoms with E-state index in [1.807, 2.05) is 38.1 Å². The molecule has 2 heterocycles. The van der Waals surface area contributed by atoms with E-state index in [2.05, 4.69) is 25.6 Å². The first kappa shape index (κ1) is 21.5. The molecule has 29 heavy (non-hydrogen) atoms. The number of halogens is 1. The Balaban J connectivity index is 1.98. The fourth-order valence-corrected chi connectivity index (χ4v) is 4.14. The Morgan fingerprint density at radius 3 is 2.59 bits per heavy atom. The van der Waals surface area contributed by atoms with Gasteiger partial charge in [-0.05, 0) is 26.0 Å². The highest BCUT2D eigenvalue weighted by molar-refractivity contribution is 7.90. The Hall–Kier alpha value is -2.23. The quantitative estimate of drug-likeness (QED) is 0.529. The van der Waals surface area contributed by atoms with Crippen molar-refractivity contribution in [3.8, 4) is 21.8 Å². The summed E-state index contributed by atoms with van der Waals surface area (Å²) in [4.78, 5) is 14.4. The first-order valence-corrected chi connectivity index (χ1v) is 12.2. The second-order valence-corrected chi connectivity index (χ2v) is 10.5. The van der Waals surface area contributed by atoms with Crippen molar-refractivity contribution in [2.75, 3.05) is 29.2 Å². The van der Waals surface area contributed by atoms with E-state index in [0.29, 0.717) is 22.4 Å². The minimum Gasteiger partial charge on any atom is -0.359 e. The van der Waals surface area contributed by atoms with Gasteiger partial charge >= 0.3 is 0 Å². The molecule has 154 valence electrons. The number of benzene rings is 1. The van der Waals surface area contributed by atoms with Crippen molar-refractivity contribution in [1.29, 1.82) is 0 Å². The third kappa shape index (κ3) is 6.12. The Morgan fingerprint density at radius 2 is 1.90 bits per heavy atom. The van der Waals surface area contributed by atoms with Gasteiger partial charge in [-0.25, -0.2) is 23.4 Å². The van der Waals surface area contributed by atoms with Gasteiger partial charge in [0.1, 0.15) is 9.84 Å². The van der Waals surface area contributed by atoms with Crippen LogP contribution in [0.25, 0.3) is 21.8 Å². The lowest BCUT2D eigenvalue weighted by Gasteiger charge is -2.10. The van der Waals surface area contributed by atoms with Gasteiger partial charge in [0, 0.05) is 35.6 Å². The van der Waals surface area contributed by atoms with E-state index < -0.39 is 9.84 Å². The van der Waals surface area contributed by atoms with Gasteiger partial charge in [0.15, 0.2) is 5.13 Å². The summed E-state index contributed by atoms with van der Waals surface area (Å²) < 4.78 is 22.8. The number of sulfone groups is 1. The summed E-state index contributed by atoms with van der Waals surface area (Å²) >= 11 is 7.85. The zero-order valence-corrected chi connectivity index (χ0v) is 18.7. The van der Waals surface area contributed by atoms with E-state index in [9.17, 15) is 8.42 Å². The molecule has 7 nitrogen and oxygen atoms in total. The smallest absolute Gasteiger partial charge is 0.223 e. The van der Waals surface area contributed by atoms with Crippen molar-refractivity contribution in [2.24, 2.45) is 0 Å². The maximum atomic E-state index is 11.4. The average molecular weight is 452 g/mol. The van der Waals surface area contributed by atoms with Crippen LogP contribution in [0.1, 0.15) is 13.8 Å². The van der Waals surface area contributed by atoms with Gasteiger partial charge in [-0.15, -0.1) is 0 Å². The molecule has 0 aliphatic carbocycles. The maximum Gasteiger partial charge on any atom is 0.223 e. The molecule has 0 aliphatic heterocycles. The first-order chi connectivity index (χ1) is 13.7. The zero-order valence-electron chi connectivity index (χ0n) is 16.3. The number of hydrogen-bond donors (Lipinski definition) is 2. The molecule has 0 spiro atoms. The van der Waals surface area contributed by atoms with Gasteiger partial charge in [-0.3, -0.25) is 0 Å². The number of rotatable bonds is 8. The SMILES string of the molecule is CC(C)Nc1ncc(-c2cc(-c3ccccc3Cl)nc(NCCS(C)(=O)=O)n2)s1. The maximum absolute atomic E-state index is 11.4. The monoisotopic (exact) mass is 451 g/mol. The number of nitrogens with one attached hydrogen (secondary N) is 2. The van der Waals surface area contributed by atoms with E-state index in [0.717, 1.165) is 15.6 Å². The van der Waals surface area contributed by atoms with Crippen molar-refractivity contribution >= 4 is 43.9 Å². The Kier molecular flexibility index (Phi) is 6.71. The largest absolute Gasteiger partial charge is 0.359 e. The van der Waals surface area contributed by atoms with Crippen molar-refractivity contribution in [3.05, 3.63) is 41.6 Å². The van der Waals surface area contributed by atoms with E-state index >= 15 is 0 Å². The molecule has 3 rings (SSSR count). The highest BCUT2D eigenvalue weighted by atomic mass is 35.5. The Labute approximate surface area is 179 Å². The number of nitrogens with zero attached hydrogens (tertiary/aromatic N) is 3. The van der Waals surface area contributed by atoms with Crippen LogP contribution in [0.15, 0.2) is 36.5 Å². The van der Waals surface area contributed by atoms with E-state index in [1.165, 1.54) is 17.6 Å². The second-order valence-electron chi connectivity index (χ2n) is 6.83. The fourth-order valence-electron chi connectivity index (χ4n) is 2.51. The highest BCUT2D eigenvalue weighted by Crippen LogP contribution is 2.33. The van der Waals surface area contributed by atoms with Crippen molar-refractivity contribution in [3.63, 3.8) is 0 Å². The number of thiazole rings is 1. The highest BCUT2D eigenvalue weighted by Gasteiger charge is 2.14. The number of hydrogen-bond acceptors (Lipinski definition) is 8. The second kappa shape index (κ2) is 9.06. The average Bonchev–Trinajstić information content (AvgIpc) is 3.08. The lowest BCUT2D eigenvalue weighted by molar-refractivity contribution is 0.602. The summed E-state index contributed by atoms with van der Waals surface area (Å²) in [6.45, 7) is 4.31. The molecule has 2 N–H and O–H groups in total. The minimum atomic E-state index is -3.09. The summed E-state index contributed by atoms with van der Waals surface area (Å²) in [6.07, 6.45) is 2.95. The Morgan fingerprint density at radius 1 is 1.17 bits per heavy atom. The van der Waals surface area contributed by atoms with Crippen LogP contribution >= 0.6 is 22.9 Å². The first-order valence-electron chi connectivity index (χ1n) is 8.99. The predicted molar refractivity (Wildman–Crippen MR) is 121 cm³/mol. The van der Waals surface area contributed by atoms with Gasteiger partial charge in [0.25, 0.3) is 0 Å². The number of aromatic nitrogens is 3. The molecule has 0 amide bonds. The van der Waals surface area contributed by atoms with Crippen LogP contribution in [0.2, 0.25) is 5.02 Å². The molecule has 1 aromatic carbocycles. The molecule has 0 aliphatic rings. The van der Waals surface area contributed by atoms with Gasteiger partial charge in [0.05, 0.1) is 22.0 Å². The molecule has 2 aromatic heterocycles. The minimum absolute atomic E-state index is 0.00890. The molecule has 0 unspecified atom stereocenters. The molecule has 10 heteroatoms. The molecular formula is C19H22ClN5O2S2. The third-order valence-electron chi connectivity index (χ3n) is 3.80. The molecule has 0 fully saturated rings. The van der Waals surface area contributed by atoms with Crippen LogP contribution in [0, 0.1) is 0 Å². The Bertz CT molecular complexity index is 1100. The molecule has 0 saturated carbocycles. The van der Waals surface area contributed by atoms with Crippen LogP contribution < -0.4 is 10.6 Å². The molecule has 0 bridgehead atoms. The summed E-state index contributed by atoms with van der Waals surface area (Å²) in [5, 5.41) is 7.66. The third-order valence-corrected chi connectivity index (χ3v) is 6.03. The van der Waals surface area contributed by atoms with Crippen LogP contribution in [0.4, 0.5) is 11.1 Å². The summed E-state index contributed by atoms with van der Waals surface area (Å²) in [6, 6.07) is 9.55. The van der Waals surface area contributed by atoms with Gasteiger partial charge in [-0.2, -0.15) is 0 Å². The fraction of sp³-hybridized carbons (Fsp3) is 0.316. The van der Waals surface area contributed by atoms with Crippen molar-refractivity contribution < 1.29 is 8.42 Å². The lowest BCUT2D eigenvalue weighted by atomic mass is 10.1. The van der Waals surface area contributed by atoms with E-state index in [4.69, 9.17) is 11.6 Å². The van der Waals surface area contributed by atoms with E-state index in [-0.39, 0.29) is 18.3 Å². The van der Waals surface area contributed by atoms with Crippen molar-refractivity contribution in [1.82, 2.24) is 15.0 Å². The van der Waals surface area contributed by atoms with E-state index in [1.54, 1.807) is 12.3 Å². The predicted octanol–water partition coefficient (Wildman–Crippen LogP) is 4.20. The van der Waals surface area contributed by atoms with Crippen LogP contribution in [0.3, 0.4) is 0 Å². The summed E-state index contributed by atoms with van der Waals surface area (Å²) in [7, 11) is -3.09. The lowest BCUT2D eigenvalue weighted by Crippen LogP contribution is -2.15. The molecular weight excluding hydrogens is 430 g/mol. The molecule has 3 aromatic rings. The molecule has 0 saturated heterocycles. The number of anilines is 2. The van der Waals surface area contributed by atoms with Crippen LogP contribution in [-0.2, 0) is 9.84 Å². The normalized spacial score (nSPS) is 11.6. The van der Waals surface area contributed by atoms with Crippen LogP contribution in [-0.4, -0.2) is 48.0 Å². The van der Waals surface area contributed by atoms with Crippen LogP contribution in [0.5, 0.6) is 0 Å². The molecule has 0 atom stereocenters. The summed E-state index contributed by atoms with van der Waals surface area (Å²) in [5.41, 5.74) is 2.11. The van der Waals surface area contributed by atoms with Gasteiger partial charge < -0.3 is 10.6 Å². The summed E-state index contributed by atoms with van der Waals surface area (Å²) in [5.74, 6) is 0.332. The molecule has 0 radical (unpaired) electrons. The topological polar surface area (TPSA) is 96.9 Å². The van der Waals surface area contributed by atoms with Gasteiger partial charge in [0.2, 0.25) is 5.95 Å². The zero-order chi connectivity index (χ0) is 21.0. The van der Waals surface area contributed by atoms with Crippen molar-refractivity contribution in [2.45, 2.75) is 19.9 Å². The van der Waals surface area contributed by atoms with Gasteiger partial charge in [-0.1, -0.05) is 41.1 Å².